The lowest BCUT2D eigenvalue weighted by Gasteiger charge is -2.34. The first-order valence-electron chi connectivity index (χ1n) is 7.35. The van der Waals surface area contributed by atoms with Gasteiger partial charge in [-0.3, -0.25) is 0 Å². The molecule has 104 valence electrons. The molecule has 0 amide bonds. The minimum atomic E-state index is 0.382. The van der Waals surface area contributed by atoms with Crippen LogP contribution < -0.4 is 5.73 Å². The van der Waals surface area contributed by atoms with Gasteiger partial charge in [0.1, 0.15) is 0 Å². The molecular formula is C16H23NS2. The van der Waals surface area contributed by atoms with E-state index in [0.717, 1.165) is 11.2 Å². The summed E-state index contributed by atoms with van der Waals surface area (Å²) in [5.41, 5.74) is 8.10. The topological polar surface area (TPSA) is 26.0 Å². The number of rotatable bonds is 4. The molecule has 1 saturated carbocycles. The average Bonchev–Trinajstić information content (AvgIpc) is 3.28. The molecule has 0 radical (unpaired) electrons. The second-order valence-electron chi connectivity index (χ2n) is 5.65. The highest BCUT2D eigenvalue weighted by molar-refractivity contribution is 8.07. The van der Waals surface area contributed by atoms with Crippen molar-refractivity contribution in [2.45, 2.75) is 42.2 Å². The molecule has 1 aromatic rings. The van der Waals surface area contributed by atoms with Crippen LogP contribution in [-0.2, 0) is 0 Å². The lowest BCUT2D eigenvalue weighted by atomic mass is 10.0. The fraction of sp³-hybridized carbons (Fsp3) is 0.625. The molecule has 5 atom stereocenters. The van der Waals surface area contributed by atoms with E-state index in [1.165, 1.54) is 29.9 Å². The van der Waals surface area contributed by atoms with Gasteiger partial charge in [-0.1, -0.05) is 37.3 Å². The van der Waals surface area contributed by atoms with E-state index in [1.54, 1.807) is 0 Å². The maximum atomic E-state index is 6.61. The van der Waals surface area contributed by atoms with Crippen LogP contribution in [0.3, 0.4) is 0 Å². The molecule has 3 heteroatoms. The predicted molar refractivity (Wildman–Crippen MR) is 88.0 cm³/mol. The Hall–Kier alpha value is -0.120. The van der Waals surface area contributed by atoms with Crippen LogP contribution in [0.25, 0.3) is 0 Å². The molecule has 0 spiro atoms. The molecule has 19 heavy (non-hydrogen) atoms. The summed E-state index contributed by atoms with van der Waals surface area (Å²) in [6.45, 7) is 2.31. The van der Waals surface area contributed by atoms with E-state index in [9.17, 15) is 0 Å². The normalized spacial score (nSPS) is 35.9. The second-order valence-corrected chi connectivity index (χ2v) is 8.28. The van der Waals surface area contributed by atoms with Crippen LogP contribution >= 0.6 is 23.5 Å². The van der Waals surface area contributed by atoms with Gasteiger partial charge in [0.25, 0.3) is 0 Å². The van der Waals surface area contributed by atoms with Gasteiger partial charge in [-0.05, 0) is 30.2 Å². The van der Waals surface area contributed by atoms with Crippen molar-refractivity contribution in [2.75, 3.05) is 11.5 Å². The number of thioether (sulfide) groups is 2. The van der Waals surface area contributed by atoms with Crippen LogP contribution in [0.5, 0.6) is 0 Å². The van der Waals surface area contributed by atoms with Gasteiger partial charge in [-0.25, -0.2) is 0 Å². The Morgan fingerprint density at radius 1 is 1.21 bits per heavy atom. The van der Waals surface area contributed by atoms with Crippen molar-refractivity contribution in [2.24, 2.45) is 11.7 Å². The molecule has 0 aromatic heterocycles. The van der Waals surface area contributed by atoms with Crippen molar-refractivity contribution in [1.29, 1.82) is 0 Å². The first-order valence-corrected chi connectivity index (χ1v) is 9.44. The maximum absolute atomic E-state index is 6.61. The van der Waals surface area contributed by atoms with Gasteiger partial charge < -0.3 is 5.73 Å². The van der Waals surface area contributed by atoms with Gasteiger partial charge in [0, 0.05) is 28.0 Å². The van der Waals surface area contributed by atoms with E-state index in [4.69, 9.17) is 5.73 Å². The first kappa shape index (κ1) is 13.8. The number of hydrogen-bond donors (Lipinski definition) is 1. The SMILES string of the molecule is CCC1SCCSC1C(N)C1CC1c1ccccc1. The van der Waals surface area contributed by atoms with E-state index >= 15 is 0 Å². The Kier molecular flexibility index (Phi) is 4.45. The molecule has 2 fully saturated rings. The monoisotopic (exact) mass is 293 g/mol. The zero-order valence-corrected chi connectivity index (χ0v) is 13.1. The third-order valence-electron chi connectivity index (χ3n) is 4.44. The predicted octanol–water partition coefficient (Wildman–Crippen LogP) is 3.74. The van der Waals surface area contributed by atoms with E-state index in [-0.39, 0.29) is 0 Å². The Morgan fingerprint density at radius 3 is 2.68 bits per heavy atom. The van der Waals surface area contributed by atoms with Crippen LogP contribution in [0.1, 0.15) is 31.2 Å². The molecule has 3 rings (SSSR count). The summed E-state index contributed by atoms with van der Waals surface area (Å²) in [5.74, 6) is 4.02. The summed E-state index contributed by atoms with van der Waals surface area (Å²) >= 11 is 4.26. The van der Waals surface area contributed by atoms with E-state index in [2.05, 4.69) is 60.8 Å². The van der Waals surface area contributed by atoms with Crippen LogP contribution in [-0.4, -0.2) is 28.0 Å². The van der Waals surface area contributed by atoms with E-state index in [0.29, 0.717) is 17.2 Å². The van der Waals surface area contributed by atoms with Crippen molar-refractivity contribution in [3.05, 3.63) is 35.9 Å². The molecule has 1 saturated heterocycles. The molecule has 1 heterocycles. The molecular weight excluding hydrogens is 270 g/mol. The average molecular weight is 294 g/mol. The molecule has 1 aromatic carbocycles. The Balaban J connectivity index is 1.64. The summed E-state index contributed by atoms with van der Waals surface area (Å²) in [6, 6.07) is 11.3. The van der Waals surface area contributed by atoms with Crippen molar-refractivity contribution in [3.63, 3.8) is 0 Å². The van der Waals surface area contributed by atoms with Crippen LogP contribution in [0.4, 0.5) is 0 Å². The van der Waals surface area contributed by atoms with Gasteiger partial charge in [-0.15, -0.1) is 0 Å². The summed E-state index contributed by atoms with van der Waals surface area (Å²) in [4.78, 5) is 0. The highest BCUT2D eigenvalue weighted by Gasteiger charge is 2.46. The largest absolute Gasteiger partial charge is 0.326 e. The standard InChI is InChI=1S/C16H23NS2/c1-2-14-16(19-9-8-18-14)15(17)13-10-12(13)11-6-4-3-5-7-11/h3-7,12-16H,2,8-10,17H2,1H3. The molecule has 0 bridgehead atoms. The van der Waals surface area contributed by atoms with Crippen molar-refractivity contribution in [3.8, 4) is 0 Å². The molecule has 2 aliphatic rings. The zero-order chi connectivity index (χ0) is 13.2. The third kappa shape index (κ3) is 2.98. The molecule has 1 aliphatic heterocycles. The Bertz CT molecular complexity index is 408. The summed E-state index contributed by atoms with van der Waals surface area (Å²) in [7, 11) is 0. The third-order valence-corrected chi connectivity index (χ3v) is 7.83. The van der Waals surface area contributed by atoms with Crippen LogP contribution in [0, 0.1) is 5.92 Å². The van der Waals surface area contributed by atoms with Crippen LogP contribution in [0.15, 0.2) is 30.3 Å². The highest BCUT2D eigenvalue weighted by Crippen LogP contribution is 2.52. The van der Waals surface area contributed by atoms with Crippen molar-refractivity contribution in [1.82, 2.24) is 0 Å². The van der Waals surface area contributed by atoms with E-state index in [1.807, 2.05) is 0 Å². The maximum Gasteiger partial charge on any atom is 0.0320 e. The van der Waals surface area contributed by atoms with Crippen LogP contribution in [0.2, 0.25) is 0 Å². The van der Waals surface area contributed by atoms with Gasteiger partial charge in [-0.2, -0.15) is 23.5 Å². The number of nitrogens with two attached hydrogens (primary N) is 1. The quantitative estimate of drug-likeness (QED) is 0.915. The zero-order valence-electron chi connectivity index (χ0n) is 11.5. The second kappa shape index (κ2) is 6.11. The van der Waals surface area contributed by atoms with Gasteiger partial charge in [0.2, 0.25) is 0 Å². The van der Waals surface area contributed by atoms with Gasteiger partial charge in [0.15, 0.2) is 0 Å². The Labute approximate surface area is 125 Å². The lowest BCUT2D eigenvalue weighted by Crippen LogP contribution is -2.43. The van der Waals surface area contributed by atoms with Gasteiger partial charge in [0.05, 0.1) is 0 Å². The number of benzene rings is 1. The lowest BCUT2D eigenvalue weighted by molar-refractivity contribution is 0.535. The van der Waals surface area contributed by atoms with Crippen molar-refractivity contribution >= 4 is 23.5 Å². The first-order chi connectivity index (χ1) is 9.31. The molecule has 5 unspecified atom stereocenters. The molecule has 1 nitrogen and oxygen atoms in total. The minimum absolute atomic E-state index is 0.382. The summed E-state index contributed by atoms with van der Waals surface area (Å²) < 4.78 is 0. The summed E-state index contributed by atoms with van der Waals surface area (Å²) in [6.07, 6.45) is 2.56. The highest BCUT2D eigenvalue weighted by atomic mass is 32.2. The Morgan fingerprint density at radius 2 is 1.95 bits per heavy atom. The minimum Gasteiger partial charge on any atom is -0.326 e. The fourth-order valence-electron chi connectivity index (χ4n) is 3.26. The van der Waals surface area contributed by atoms with Crippen molar-refractivity contribution < 1.29 is 0 Å². The van der Waals surface area contributed by atoms with E-state index < -0.39 is 0 Å². The molecule has 1 aliphatic carbocycles. The fourth-order valence-corrected chi connectivity index (χ4v) is 6.52. The molecule has 2 N–H and O–H groups in total. The smallest absolute Gasteiger partial charge is 0.0320 e. The van der Waals surface area contributed by atoms with Gasteiger partial charge >= 0.3 is 0 Å². The number of hydrogen-bond acceptors (Lipinski definition) is 3. The summed E-state index contributed by atoms with van der Waals surface area (Å²) in [5, 5.41) is 1.44.